The summed E-state index contributed by atoms with van der Waals surface area (Å²) in [7, 11) is 0. The summed E-state index contributed by atoms with van der Waals surface area (Å²) in [6.45, 7) is 2.38. The number of benzene rings is 1. The van der Waals surface area contributed by atoms with E-state index in [0.717, 1.165) is 15.7 Å². The zero-order valence-electron chi connectivity index (χ0n) is 11.8. The number of anilines is 1. The van der Waals surface area contributed by atoms with Crippen molar-refractivity contribution < 1.29 is 4.79 Å². The van der Waals surface area contributed by atoms with Crippen LogP contribution in [0.3, 0.4) is 0 Å². The van der Waals surface area contributed by atoms with Crippen LogP contribution in [0.1, 0.15) is 24.9 Å². The summed E-state index contributed by atoms with van der Waals surface area (Å²) in [6.07, 6.45) is 3.99. The van der Waals surface area contributed by atoms with Crippen molar-refractivity contribution in [3.63, 3.8) is 0 Å². The molecule has 5 heteroatoms. The Labute approximate surface area is 133 Å². The second-order valence-electron chi connectivity index (χ2n) is 4.66. The van der Waals surface area contributed by atoms with Gasteiger partial charge in [-0.25, -0.2) is 0 Å². The van der Waals surface area contributed by atoms with E-state index in [1.165, 1.54) is 0 Å². The first-order valence-electron chi connectivity index (χ1n) is 6.87. The molecule has 2 aromatic rings. The Bertz CT molecular complexity index is 589. The van der Waals surface area contributed by atoms with Gasteiger partial charge in [0, 0.05) is 23.6 Å². The molecule has 1 atom stereocenters. The molecule has 0 spiro atoms. The number of carbonyl (C=O) groups is 1. The molecule has 0 unspecified atom stereocenters. The molecule has 0 saturated carbocycles. The maximum absolute atomic E-state index is 11.5. The normalized spacial score (nSPS) is 11.7. The summed E-state index contributed by atoms with van der Waals surface area (Å²) in [5.74, 6) is 0.0464. The summed E-state index contributed by atoms with van der Waals surface area (Å²) >= 11 is 3.41. The lowest BCUT2D eigenvalue weighted by Crippen LogP contribution is -2.31. The number of amides is 1. The summed E-state index contributed by atoms with van der Waals surface area (Å²) < 4.78 is 0.914. The van der Waals surface area contributed by atoms with Gasteiger partial charge in [-0.15, -0.1) is 0 Å². The zero-order valence-corrected chi connectivity index (χ0v) is 13.4. The zero-order chi connectivity index (χ0) is 15.1. The molecule has 0 aliphatic carbocycles. The number of rotatable bonds is 6. The third kappa shape index (κ3) is 4.86. The molecule has 1 aromatic heterocycles. The fourth-order valence-corrected chi connectivity index (χ4v) is 2.34. The highest BCUT2D eigenvalue weighted by molar-refractivity contribution is 9.10. The van der Waals surface area contributed by atoms with E-state index >= 15 is 0 Å². The summed E-state index contributed by atoms with van der Waals surface area (Å²) in [5.41, 5.74) is 2.03. The van der Waals surface area contributed by atoms with Crippen molar-refractivity contribution in [3.05, 3.63) is 58.8 Å². The van der Waals surface area contributed by atoms with Crippen molar-refractivity contribution in [3.8, 4) is 0 Å². The number of carbonyl (C=O) groups excluding carboxylic acids is 1. The Balaban J connectivity index is 2.13. The van der Waals surface area contributed by atoms with Crippen molar-refractivity contribution in [2.75, 3.05) is 11.9 Å². The summed E-state index contributed by atoms with van der Waals surface area (Å²) in [5, 5.41) is 6.34. The molecule has 21 heavy (non-hydrogen) atoms. The van der Waals surface area contributed by atoms with Gasteiger partial charge in [-0.3, -0.25) is 9.78 Å². The quantitative estimate of drug-likeness (QED) is 0.840. The molecule has 0 aliphatic heterocycles. The number of halogens is 1. The van der Waals surface area contributed by atoms with E-state index in [9.17, 15) is 4.79 Å². The Morgan fingerprint density at radius 2 is 2.05 bits per heavy atom. The van der Waals surface area contributed by atoms with Gasteiger partial charge in [0.1, 0.15) is 0 Å². The molecule has 0 bridgehead atoms. The van der Waals surface area contributed by atoms with Gasteiger partial charge >= 0.3 is 0 Å². The van der Waals surface area contributed by atoms with Crippen LogP contribution in [0.4, 0.5) is 5.69 Å². The van der Waals surface area contributed by atoms with Crippen LogP contribution >= 0.6 is 15.9 Å². The molecule has 4 nitrogen and oxygen atoms in total. The number of nitrogens with zero attached hydrogens (tertiary/aromatic N) is 1. The molecular weight excluding hydrogens is 330 g/mol. The second kappa shape index (κ2) is 7.78. The average Bonchev–Trinajstić information content (AvgIpc) is 2.52. The molecule has 0 radical (unpaired) electrons. The SMILES string of the molecule is CCC(=O)NC[C@@H](Nc1cncc(Br)c1)c1ccccc1. The maximum atomic E-state index is 11.5. The number of pyridine rings is 1. The van der Waals surface area contributed by atoms with Crippen molar-refractivity contribution in [2.24, 2.45) is 0 Å². The van der Waals surface area contributed by atoms with Gasteiger partial charge in [0.15, 0.2) is 0 Å². The van der Waals surface area contributed by atoms with E-state index in [1.54, 1.807) is 12.4 Å². The highest BCUT2D eigenvalue weighted by Gasteiger charge is 2.12. The third-order valence-electron chi connectivity index (χ3n) is 3.07. The van der Waals surface area contributed by atoms with Crippen molar-refractivity contribution >= 4 is 27.5 Å². The lowest BCUT2D eigenvalue weighted by molar-refractivity contribution is -0.120. The third-order valence-corrected chi connectivity index (χ3v) is 3.51. The van der Waals surface area contributed by atoms with Crippen molar-refractivity contribution in [2.45, 2.75) is 19.4 Å². The van der Waals surface area contributed by atoms with E-state index < -0.39 is 0 Å². The molecule has 2 N–H and O–H groups in total. The number of hydrogen-bond acceptors (Lipinski definition) is 3. The fourth-order valence-electron chi connectivity index (χ4n) is 1.97. The Morgan fingerprint density at radius 1 is 1.29 bits per heavy atom. The van der Waals surface area contributed by atoms with Crippen molar-refractivity contribution in [1.82, 2.24) is 10.3 Å². The first-order valence-corrected chi connectivity index (χ1v) is 7.67. The van der Waals surface area contributed by atoms with Crippen LogP contribution in [0.15, 0.2) is 53.3 Å². The molecule has 110 valence electrons. The van der Waals surface area contributed by atoms with Crippen LogP contribution in [-0.2, 0) is 4.79 Å². The van der Waals surface area contributed by atoms with Crippen LogP contribution in [-0.4, -0.2) is 17.4 Å². The van der Waals surface area contributed by atoms with Crippen LogP contribution in [0.2, 0.25) is 0 Å². The standard InChI is InChI=1S/C16H18BrN3O/c1-2-16(21)19-11-15(12-6-4-3-5-7-12)20-14-8-13(17)9-18-10-14/h3-10,15,20H,2,11H2,1H3,(H,19,21)/t15-/m1/s1. The Hall–Kier alpha value is -1.88. The maximum Gasteiger partial charge on any atom is 0.219 e. The minimum absolute atomic E-state index is 0.00204. The van der Waals surface area contributed by atoms with Crippen molar-refractivity contribution in [1.29, 1.82) is 0 Å². The van der Waals surface area contributed by atoms with Crippen LogP contribution < -0.4 is 10.6 Å². The topological polar surface area (TPSA) is 54.0 Å². The van der Waals surface area contributed by atoms with E-state index in [1.807, 2.05) is 43.3 Å². The van der Waals surface area contributed by atoms with Gasteiger partial charge in [0.25, 0.3) is 0 Å². The number of hydrogen-bond donors (Lipinski definition) is 2. The van der Waals surface area contributed by atoms with Gasteiger partial charge in [0.05, 0.1) is 17.9 Å². The molecule has 0 saturated heterocycles. The molecule has 1 heterocycles. The molecule has 2 rings (SSSR count). The van der Waals surface area contributed by atoms with Gasteiger partial charge in [-0.2, -0.15) is 0 Å². The number of nitrogens with one attached hydrogen (secondary N) is 2. The minimum Gasteiger partial charge on any atom is -0.375 e. The summed E-state index contributed by atoms with van der Waals surface area (Å²) in [4.78, 5) is 15.6. The largest absolute Gasteiger partial charge is 0.375 e. The first-order chi connectivity index (χ1) is 10.2. The molecule has 1 amide bonds. The lowest BCUT2D eigenvalue weighted by atomic mass is 10.1. The monoisotopic (exact) mass is 347 g/mol. The predicted molar refractivity (Wildman–Crippen MR) is 88.0 cm³/mol. The predicted octanol–water partition coefficient (Wildman–Crippen LogP) is 3.52. The highest BCUT2D eigenvalue weighted by Crippen LogP contribution is 2.21. The Morgan fingerprint density at radius 3 is 2.71 bits per heavy atom. The molecule has 0 fully saturated rings. The van der Waals surface area contributed by atoms with Crippen LogP contribution in [0, 0.1) is 0 Å². The second-order valence-corrected chi connectivity index (χ2v) is 5.57. The van der Waals surface area contributed by atoms with Crippen LogP contribution in [0.25, 0.3) is 0 Å². The fraction of sp³-hybridized carbons (Fsp3) is 0.250. The van der Waals surface area contributed by atoms with Gasteiger partial charge in [-0.05, 0) is 27.6 Å². The van der Waals surface area contributed by atoms with Gasteiger partial charge < -0.3 is 10.6 Å². The van der Waals surface area contributed by atoms with Gasteiger partial charge in [0.2, 0.25) is 5.91 Å². The first kappa shape index (κ1) is 15.5. The molecule has 1 aromatic carbocycles. The number of aromatic nitrogens is 1. The highest BCUT2D eigenvalue weighted by atomic mass is 79.9. The molecular formula is C16H18BrN3O. The van der Waals surface area contributed by atoms with Gasteiger partial charge in [-0.1, -0.05) is 37.3 Å². The van der Waals surface area contributed by atoms with Crippen LogP contribution in [0.5, 0.6) is 0 Å². The Kier molecular flexibility index (Phi) is 5.75. The summed E-state index contributed by atoms with van der Waals surface area (Å²) in [6, 6.07) is 12.0. The van der Waals surface area contributed by atoms with E-state index in [4.69, 9.17) is 0 Å². The average molecular weight is 348 g/mol. The van der Waals surface area contributed by atoms with E-state index in [-0.39, 0.29) is 11.9 Å². The van der Waals surface area contributed by atoms with E-state index in [2.05, 4.69) is 31.5 Å². The van der Waals surface area contributed by atoms with E-state index in [0.29, 0.717) is 13.0 Å². The molecule has 0 aliphatic rings. The lowest BCUT2D eigenvalue weighted by Gasteiger charge is -2.21. The smallest absolute Gasteiger partial charge is 0.219 e. The minimum atomic E-state index is -0.00204.